The number of hydrogen-bond donors (Lipinski definition) is 0. The molecule has 3 nitrogen and oxygen atoms in total. The Labute approximate surface area is 94.6 Å². The van der Waals surface area contributed by atoms with E-state index in [1.165, 1.54) is 0 Å². The van der Waals surface area contributed by atoms with Gasteiger partial charge in [0.1, 0.15) is 6.07 Å². The van der Waals surface area contributed by atoms with Crippen molar-refractivity contribution in [2.75, 3.05) is 11.9 Å². The van der Waals surface area contributed by atoms with Crippen LogP contribution in [0.4, 0.5) is 11.4 Å². The summed E-state index contributed by atoms with van der Waals surface area (Å²) in [6.07, 6.45) is 1.63. The number of nitrogens with zero attached hydrogens (tertiary/aromatic N) is 3. The Hall–Kier alpha value is -2.34. The van der Waals surface area contributed by atoms with Crippen molar-refractivity contribution in [3.63, 3.8) is 0 Å². The van der Waals surface area contributed by atoms with Crippen LogP contribution in [0.3, 0.4) is 0 Å². The van der Waals surface area contributed by atoms with Crippen molar-refractivity contribution in [2.45, 2.75) is 0 Å². The van der Waals surface area contributed by atoms with Crippen LogP contribution in [-0.2, 0) is 0 Å². The summed E-state index contributed by atoms with van der Waals surface area (Å²) in [6, 6.07) is 15.7. The van der Waals surface area contributed by atoms with Gasteiger partial charge in [-0.25, -0.2) is 4.98 Å². The average molecular weight is 209 g/mol. The summed E-state index contributed by atoms with van der Waals surface area (Å²) in [5.74, 6) is 0. The Kier molecular flexibility index (Phi) is 2.84. The lowest BCUT2D eigenvalue weighted by atomic mass is 10.2. The average Bonchev–Trinajstić information content (AvgIpc) is 2.39. The predicted molar refractivity (Wildman–Crippen MR) is 63.5 cm³/mol. The maximum absolute atomic E-state index is 8.98. The standard InChI is InChI=1S/C13H11N3/c1-16(11-6-3-2-4-7-11)13-8-5-9-15-12(13)10-14/h2-9H,1H3. The number of para-hydroxylation sites is 1. The molecule has 0 N–H and O–H groups in total. The number of benzene rings is 1. The highest BCUT2D eigenvalue weighted by atomic mass is 15.1. The van der Waals surface area contributed by atoms with Crippen LogP contribution in [0.1, 0.15) is 5.69 Å². The topological polar surface area (TPSA) is 39.9 Å². The molecule has 0 aliphatic carbocycles. The molecule has 0 unspecified atom stereocenters. The highest BCUT2D eigenvalue weighted by molar-refractivity contribution is 5.66. The van der Waals surface area contributed by atoms with Crippen LogP contribution in [-0.4, -0.2) is 12.0 Å². The molecular formula is C13H11N3. The molecule has 0 bridgehead atoms. The van der Waals surface area contributed by atoms with Gasteiger partial charge in [-0.3, -0.25) is 0 Å². The molecule has 0 atom stereocenters. The molecule has 0 fully saturated rings. The zero-order valence-corrected chi connectivity index (χ0v) is 8.96. The van der Waals surface area contributed by atoms with Crippen LogP contribution in [0.25, 0.3) is 0 Å². The Bertz CT molecular complexity index is 514. The molecule has 2 rings (SSSR count). The van der Waals surface area contributed by atoms with Gasteiger partial charge in [-0.05, 0) is 24.3 Å². The summed E-state index contributed by atoms with van der Waals surface area (Å²) in [7, 11) is 1.92. The maximum atomic E-state index is 8.98. The quantitative estimate of drug-likeness (QED) is 0.763. The Balaban J connectivity index is 2.42. The molecule has 16 heavy (non-hydrogen) atoms. The summed E-state index contributed by atoms with van der Waals surface area (Å²) >= 11 is 0. The van der Waals surface area contributed by atoms with E-state index in [2.05, 4.69) is 11.1 Å². The zero-order valence-electron chi connectivity index (χ0n) is 8.96. The van der Waals surface area contributed by atoms with E-state index in [9.17, 15) is 0 Å². The normalized spacial score (nSPS) is 9.50. The van der Waals surface area contributed by atoms with Gasteiger partial charge in [0.05, 0.1) is 5.69 Å². The van der Waals surface area contributed by atoms with Gasteiger partial charge in [-0.1, -0.05) is 18.2 Å². The van der Waals surface area contributed by atoms with Crippen LogP contribution in [0.5, 0.6) is 0 Å². The minimum absolute atomic E-state index is 0.439. The van der Waals surface area contributed by atoms with E-state index in [4.69, 9.17) is 5.26 Å². The minimum Gasteiger partial charge on any atom is -0.342 e. The van der Waals surface area contributed by atoms with Crippen molar-refractivity contribution in [1.82, 2.24) is 4.98 Å². The fraction of sp³-hybridized carbons (Fsp3) is 0.0769. The van der Waals surface area contributed by atoms with Crippen LogP contribution in [0.2, 0.25) is 0 Å². The number of rotatable bonds is 2. The van der Waals surface area contributed by atoms with Gasteiger partial charge in [0, 0.05) is 18.9 Å². The van der Waals surface area contributed by atoms with Gasteiger partial charge in [0.2, 0.25) is 0 Å². The number of hydrogen-bond acceptors (Lipinski definition) is 3. The summed E-state index contributed by atoms with van der Waals surface area (Å²) in [6.45, 7) is 0. The highest BCUT2D eigenvalue weighted by Gasteiger charge is 2.08. The first kappa shape index (κ1) is 10.2. The van der Waals surface area contributed by atoms with Crippen molar-refractivity contribution in [2.24, 2.45) is 0 Å². The third-order valence-corrected chi connectivity index (χ3v) is 2.40. The molecule has 1 aromatic carbocycles. The van der Waals surface area contributed by atoms with Gasteiger partial charge in [0.15, 0.2) is 5.69 Å². The highest BCUT2D eigenvalue weighted by Crippen LogP contribution is 2.24. The fourth-order valence-corrected chi connectivity index (χ4v) is 1.54. The molecule has 0 radical (unpaired) electrons. The second kappa shape index (κ2) is 4.45. The zero-order chi connectivity index (χ0) is 11.4. The Morgan fingerprint density at radius 2 is 1.88 bits per heavy atom. The summed E-state index contributed by atoms with van der Waals surface area (Å²) in [4.78, 5) is 5.99. The van der Waals surface area contributed by atoms with Crippen LogP contribution < -0.4 is 4.90 Å². The van der Waals surface area contributed by atoms with E-state index in [0.717, 1.165) is 11.4 Å². The van der Waals surface area contributed by atoms with E-state index in [0.29, 0.717) is 5.69 Å². The van der Waals surface area contributed by atoms with E-state index in [-0.39, 0.29) is 0 Å². The molecular weight excluding hydrogens is 198 g/mol. The molecule has 0 saturated carbocycles. The molecule has 1 aromatic heterocycles. The van der Waals surface area contributed by atoms with Gasteiger partial charge in [-0.2, -0.15) is 5.26 Å². The second-order valence-electron chi connectivity index (χ2n) is 3.38. The Morgan fingerprint density at radius 1 is 1.12 bits per heavy atom. The van der Waals surface area contributed by atoms with E-state index >= 15 is 0 Å². The molecule has 3 heteroatoms. The molecule has 0 amide bonds. The molecule has 0 spiro atoms. The largest absolute Gasteiger partial charge is 0.342 e. The fourth-order valence-electron chi connectivity index (χ4n) is 1.54. The summed E-state index contributed by atoms with van der Waals surface area (Å²) in [5, 5.41) is 8.98. The number of pyridine rings is 1. The third-order valence-electron chi connectivity index (χ3n) is 2.40. The molecule has 0 aliphatic rings. The lowest BCUT2D eigenvalue weighted by Gasteiger charge is -2.19. The summed E-state index contributed by atoms with van der Waals surface area (Å²) < 4.78 is 0. The van der Waals surface area contributed by atoms with Gasteiger partial charge in [-0.15, -0.1) is 0 Å². The lowest BCUT2D eigenvalue weighted by Crippen LogP contribution is -2.11. The van der Waals surface area contributed by atoms with Crippen molar-refractivity contribution in [3.8, 4) is 6.07 Å². The SMILES string of the molecule is CN(c1ccccc1)c1cccnc1C#N. The Morgan fingerprint density at radius 3 is 2.56 bits per heavy atom. The minimum atomic E-state index is 0.439. The third kappa shape index (κ3) is 1.86. The molecule has 0 saturated heterocycles. The van der Waals surface area contributed by atoms with Crippen molar-refractivity contribution < 1.29 is 0 Å². The summed E-state index contributed by atoms with van der Waals surface area (Å²) in [5.41, 5.74) is 2.29. The molecule has 0 aliphatic heterocycles. The predicted octanol–water partition coefficient (Wildman–Crippen LogP) is 2.72. The number of nitriles is 1. The van der Waals surface area contributed by atoms with Crippen molar-refractivity contribution in [3.05, 3.63) is 54.4 Å². The van der Waals surface area contributed by atoms with Crippen LogP contribution in [0, 0.1) is 11.3 Å². The van der Waals surface area contributed by atoms with Crippen LogP contribution >= 0.6 is 0 Å². The van der Waals surface area contributed by atoms with Gasteiger partial charge in [0.25, 0.3) is 0 Å². The van der Waals surface area contributed by atoms with Crippen molar-refractivity contribution in [1.29, 1.82) is 5.26 Å². The lowest BCUT2D eigenvalue weighted by molar-refractivity contribution is 1.15. The van der Waals surface area contributed by atoms with E-state index in [1.54, 1.807) is 6.20 Å². The first-order valence-electron chi connectivity index (χ1n) is 4.97. The smallest absolute Gasteiger partial charge is 0.164 e. The second-order valence-corrected chi connectivity index (χ2v) is 3.38. The first-order chi connectivity index (χ1) is 7.83. The molecule has 78 valence electrons. The molecule has 2 aromatic rings. The molecule has 1 heterocycles. The number of anilines is 2. The van der Waals surface area contributed by atoms with Crippen LogP contribution in [0.15, 0.2) is 48.7 Å². The van der Waals surface area contributed by atoms with Crippen molar-refractivity contribution >= 4 is 11.4 Å². The maximum Gasteiger partial charge on any atom is 0.164 e. The van der Waals surface area contributed by atoms with Gasteiger partial charge >= 0.3 is 0 Å². The first-order valence-corrected chi connectivity index (χ1v) is 4.97. The van der Waals surface area contributed by atoms with Gasteiger partial charge < -0.3 is 4.90 Å². The monoisotopic (exact) mass is 209 g/mol. The van der Waals surface area contributed by atoms with E-state index < -0.39 is 0 Å². The van der Waals surface area contributed by atoms with E-state index in [1.807, 2.05) is 54.4 Å². The number of aromatic nitrogens is 1.